The third kappa shape index (κ3) is 4.45. The van der Waals surface area contributed by atoms with E-state index in [1.54, 1.807) is 12.1 Å². The summed E-state index contributed by atoms with van der Waals surface area (Å²) in [5, 5.41) is 3.43. The van der Waals surface area contributed by atoms with Crippen molar-refractivity contribution in [3.8, 4) is 5.75 Å². The molecule has 0 radical (unpaired) electrons. The molecule has 1 N–H and O–H groups in total. The fourth-order valence-corrected chi connectivity index (χ4v) is 2.19. The van der Waals surface area contributed by atoms with Gasteiger partial charge in [0.25, 0.3) is 0 Å². The molecule has 0 aliphatic heterocycles. The van der Waals surface area contributed by atoms with E-state index in [0.717, 1.165) is 30.6 Å². The largest absolute Gasteiger partial charge is 0.486 e. The first-order valence-corrected chi connectivity index (χ1v) is 7.44. The summed E-state index contributed by atoms with van der Waals surface area (Å²) in [4.78, 5) is 0. The van der Waals surface area contributed by atoms with Crippen molar-refractivity contribution >= 4 is 11.6 Å². The van der Waals surface area contributed by atoms with Gasteiger partial charge in [-0.15, -0.1) is 0 Å². The molecule has 0 heterocycles. The van der Waals surface area contributed by atoms with Crippen LogP contribution < -0.4 is 10.1 Å². The molecule has 0 unspecified atom stereocenters. The average Bonchev–Trinajstić information content (AvgIpc) is 2.50. The zero-order valence-electron chi connectivity index (χ0n) is 12.0. The molecule has 0 atom stereocenters. The van der Waals surface area contributed by atoms with E-state index in [-0.39, 0.29) is 10.8 Å². The first-order chi connectivity index (χ1) is 10.2. The summed E-state index contributed by atoms with van der Waals surface area (Å²) in [7, 11) is 0. The summed E-state index contributed by atoms with van der Waals surface area (Å²) < 4.78 is 19.3. The van der Waals surface area contributed by atoms with Gasteiger partial charge in [0.15, 0.2) is 11.6 Å². The Morgan fingerprint density at radius 3 is 2.62 bits per heavy atom. The third-order valence-corrected chi connectivity index (χ3v) is 3.45. The minimum Gasteiger partial charge on any atom is -0.486 e. The molecule has 0 aliphatic carbocycles. The van der Waals surface area contributed by atoms with Crippen LogP contribution in [0.4, 0.5) is 4.39 Å². The molecule has 0 aliphatic rings. The molecule has 0 aromatic heterocycles. The number of nitrogens with one attached hydrogen (secondary N) is 1. The molecule has 2 aromatic carbocycles. The molecule has 2 aromatic rings. The average molecular weight is 308 g/mol. The molecule has 2 rings (SSSR count). The lowest BCUT2D eigenvalue weighted by molar-refractivity contribution is 0.289. The predicted octanol–water partition coefficient (Wildman–Crippen LogP) is 4.56. The van der Waals surface area contributed by atoms with E-state index in [1.165, 1.54) is 6.07 Å². The van der Waals surface area contributed by atoms with Crippen LogP contribution in [0, 0.1) is 5.82 Å². The maximum atomic E-state index is 13.8. The highest BCUT2D eigenvalue weighted by Gasteiger charge is 2.08. The smallest absolute Gasteiger partial charge is 0.183 e. The lowest BCUT2D eigenvalue weighted by Gasteiger charge is -2.12. The van der Waals surface area contributed by atoms with Crippen molar-refractivity contribution in [2.45, 2.75) is 26.5 Å². The Morgan fingerprint density at radius 2 is 1.86 bits per heavy atom. The highest BCUT2D eigenvalue weighted by molar-refractivity contribution is 6.30. The van der Waals surface area contributed by atoms with E-state index in [2.05, 4.69) is 18.3 Å². The molecule has 0 saturated heterocycles. The molecule has 0 bridgehead atoms. The van der Waals surface area contributed by atoms with Crippen LogP contribution >= 0.6 is 11.6 Å². The van der Waals surface area contributed by atoms with E-state index >= 15 is 0 Å². The highest BCUT2D eigenvalue weighted by Crippen LogP contribution is 2.25. The van der Waals surface area contributed by atoms with Crippen LogP contribution in [0.1, 0.15) is 24.5 Å². The van der Waals surface area contributed by atoms with Crippen molar-refractivity contribution in [1.29, 1.82) is 0 Å². The Labute approximate surface area is 129 Å². The zero-order valence-corrected chi connectivity index (χ0v) is 12.8. The molecule has 4 heteroatoms. The van der Waals surface area contributed by atoms with Crippen molar-refractivity contribution in [2.24, 2.45) is 0 Å². The summed E-state index contributed by atoms with van der Waals surface area (Å²) in [6.07, 6.45) is 1.09. The molecule has 0 spiro atoms. The topological polar surface area (TPSA) is 21.3 Å². The molecular weight excluding hydrogens is 289 g/mol. The van der Waals surface area contributed by atoms with Gasteiger partial charge in [-0.25, -0.2) is 4.39 Å². The minimum atomic E-state index is -0.513. The monoisotopic (exact) mass is 307 g/mol. The fourth-order valence-electron chi connectivity index (χ4n) is 2.02. The van der Waals surface area contributed by atoms with Crippen molar-refractivity contribution in [2.75, 3.05) is 6.54 Å². The van der Waals surface area contributed by atoms with Crippen LogP contribution in [-0.2, 0) is 13.2 Å². The number of benzene rings is 2. The van der Waals surface area contributed by atoms with Gasteiger partial charge in [0.05, 0.1) is 5.02 Å². The molecule has 21 heavy (non-hydrogen) atoms. The van der Waals surface area contributed by atoms with Gasteiger partial charge < -0.3 is 10.1 Å². The van der Waals surface area contributed by atoms with Crippen LogP contribution in [0.15, 0.2) is 42.5 Å². The van der Waals surface area contributed by atoms with Crippen LogP contribution in [0.25, 0.3) is 0 Å². The normalized spacial score (nSPS) is 10.6. The zero-order chi connectivity index (χ0) is 15.1. The molecule has 0 amide bonds. The second-order valence-electron chi connectivity index (χ2n) is 4.79. The summed E-state index contributed by atoms with van der Waals surface area (Å²) in [5.74, 6) is -0.334. The standard InChI is InChI=1S/C17H19ClFNO/c1-2-10-20-11-13-6-3-4-7-14(13)12-21-16-9-5-8-15(18)17(16)19/h3-9,20H,2,10-12H2,1H3. The van der Waals surface area contributed by atoms with E-state index in [4.69, 9.17) is 16.3 Å². The van der Waals surface area contributed by atoms with Gasteiger partial charge in [-0.2, -0.15) is 0 Å². The molecule has 2 nitrogen and oxygen atoms in total. The summed E-state index contributed by atoms with van der Waals surface area (Å²) in [6.45, 7) is 4.20. The maximum absolute atomic E-state index is 13.8. The number of hydrogen-bond donors (Lipinski definition) is 1. The third-order valence-electron chi connectivity index (χ3n) is 3.16. The highest BCUT2D eigenvalue weighted by atomic mass is 35.5. The van der Waals surface area contributed by atoms with Gasteiger partial charge in [-0.1, -0.05) is 48.9 Å². The Balaban J connectivity index is 2.04. The van der Waals surface area contributed by atoms with Gasteiger partial charge in [0.1, 0.15) is 6.61 Å². The number of rotatable bonds is 7. The van der Waals surface area contributed by atoms with Crippen LogP contribution in [0.3, 0.4) is 0 Å². The van der Waals surface area contributed by atoms with Crippen molar-refractivity contribution < 1.29 is 9.13 Å². The summed E-state index contributed by atoms with van der Waals surface area (Å²) >= 11 is 5.75. The van der Waals surface area contributed by atoms with Gasteiger partial charge in [0.2, 0.25) is 0 Å². The SMILES string of the molecule is CCCNCc1ccccc1COc1cccc(Cl)c1F. The summed E-state index contributed by atoms with van der Waals surface area (Å²) in [5.41, 5.74) is 2.20. The van der Waals surface area contributed by atoms with Gasteiger partial charge in [-0.05, 0) is 36.2 Å². The Bertz CT molecular complexity index is 589. The number of hydrogen-bond acceptors (Lipinski definition) is 2. The molecule has 112 valence electrons. The van der Waals surface area contributed by atoms with E-state index in [0.29, 0.717) is 6.61 Å². The van der Waals surface area contributed by atoms with Crippen molar-refractivity contribution in [1.82, 2.24) is 5.32 Å². The van der Waals surface area contributed by atoms with Crippen molar-refractivity contribution in [3.05, 3.63) is 64.4 Å². The van der Waals surface area contributed by atoms with E-state index < -0.39 is 5.82 Å². The van der Waals surface area contributed by atoms with Crippen molar-refractivity contribution in [3.63, 3.8) is 0 Å². The second-order valence-corrected chi connectivity index (χ2v) is 5.19. The number of ether oxygens (including phenoxy) is 1. The predicted molar refractivity (Wildman–Crippen MR) is 84.2 cm³/mol. The quantitative estimate of drug-likeness (QED) is 0.757. The van der Waals surface area contributed by atoms with E-state index in [9.17, 15) is 4.39 Å². The molecular formula is C17H19ClFNO. The lowest BCUT2D eigenvalue weighted by atomic mass is 10.1. The van der Waals surface area contributed by atoms with Gasteiger partial charge >= 0.3 is 0 Å². The van der Waals surface area contributed by atoms with Crippen LogP contribution in [-0.4, -0.2) is 6.54 Å². The Hall–Kier alpha value is -1.58. The Kier molecular flexibility index (Phi) is 6.03. The maximum Gasteiger partial charge on any atom is 0.183 e. The number of halogens is 2. The van der Waals surface area contributed by atoms with Crippen LogP contribution in [0.2, 0.25) is 5.02 Å². The molecule has 0 saturated carbocycles. The molecule has 0 fully saturated rings. The first-order valence-electron chi connectivity index (χ1n) is 7.06. The van der Waals surface area contributed by atoms with Gasteiger partial charge in [0, 0.05) is 6.54 Å². The summed E-state index contributed by atoms with van der Waals surface area (Å²) in [6, 6.07) is 12.8. The Morgan fingerprint density at radius 1 is 1.10 bits per heavy atom. The fraction of sp³-hybridized carbons (Fsp3) is 0.294. The lowest BCUT2D eigenvalue weighted by Crippen LogP contribution is -2.15. The minimum absolute atomic E-state index is 0.0744. The van der Waals surface area contributed by atoms with E-state index in [1.807, 2.05) is 18.2 Å². The van der Waals surface area contributed by atoms with Crippen LogP contribution in [0.5, 0.6) is 5.75 Å². The second kappa shape index (κ2) is 8.01. The first kappa shape index (κ1) is 15.8. The van der Waals surface area contributed by atoms with Gasteiger partial charge in [-0.3, -0.25) is 0 Å².